The fourth-order valence-electron chi connectivity index (χ4n) is 3.96. The molecule has 1 saturated carbocycles. The van der Waals surface area contributed by atoms with Crippen LogP contribution in [0.5, 0.6) is 11.5 Å². The Labute approximate surface area is 207 Å². The minimum absolute atomic E-state index is 0.0530. The van der Waals surface area contributed by atoms with E-state index < -0.39 is 0 Å². The molecule has 5 rings (SSSR count). The van der Waals surface area contributed by atoms with Crippen molar-refractivity contribution in [1.82, 2.24) is 20.1 Å². The van der Waals surface area contributed by atoms with E-state index in [1.165, 1.54) is 11.8 Å². The largest absolute Gasteiger partial charge is 0.454 e. The van der Waals surface area contributed by atoms with Crippen LogP contribution in [0.3, 0.4) is 0 Å². The molecule has 2 aliphatic heterocycles. The van der Waals surface area contributed by atoms with Crippen molar-refractivity contribution in [3.63, 3.8) is 0 Å². The van der Waals surface area contributed by atoms with Crippen molar-refractivity contribution in [2.75, 3.05) is 50.6 Å². The second-order valence-corrected chi connectivity index (χ2v) is 9.64. The molecule has 0 unspecified atom stereocenters. The summed E-state index contributed by atoms with van der Waals surface area (Å²) in [5.41, 5.74) is 1.09. The highest BCUT2D eigenvalue weighted by molar-refractivity contribution is 8.00. The van der Waals surface area contributed by atoms with Gasteiger partial charge in [-0.3, -0.25) is 19.3 Å². The summed E-state index contributed by atoms with van der Waals surface area (Å²) in [6.07, 6.45) is 3.75. The van der Waals surface area contributed by atoms with Crippen molar-refractivity contribution < 1.29 is 23.9 Å². The van der Waals surface area contributed by atoms with Crippen molar-refractivity contribution in [3.05, 3.63) is 42.1 Å². The summed E-state index contributed by atoms with van der Waals surface area (Å²) in [6.45, 7) is 2.90. The van der Waals surface area contributed by atoms with Gasteiger partial charge >= 0.3 is 0 Å². The molecular weight excluding hydrogens is 470 g/mol. The van der Waals surface area contributed by atoms with Gasteiger partial charge in [0.05, 0.1) is 17.9 Å². The van der Waals surface area contributed by atoms with E-state index in [1.54, 1.807) is 41.4 Å². The van der Waals surface area contributed by atoms with Gasteiger partial charge in [-0.1, -0.05) is 11.8 Å². The number of piperazine rings is 1. The van der Waals surface area contributed by atoms with Crippen LogP contribution in [0.25, 0.3) is 0 Å². The van der Waals surface area contributed by atoms with Crippen LogP contribution in [-0.2, 0) is 9.59 Å². The number of aromatic nitrogens is 1. The lowest BCUT2D eigenvalue weighted by molar-refractivity contribution is -0.122. The zero-order valence-electron chi connectivity index (χ0n) is 19.2. The Morgan fingerprint density at radius 1 is 1.03 bits per heavy atom. The SMILES string of the molecule is O=C(CSc1ncccc1C(=O)N1CCN(CC(=O)NC2CC2)CC1)Nc1ccc2c(c1)OCO2. The molecule has 2 fully saturated rings. The molecule has 1 aliphatic carbocycles. The van der Waals surface area contributed by atoms with E-state index in [-0.39, 0.29) is 30.3 Å². The van der Waals surface area contributed by atoms with Crippen LogP contribution < -0.4 is 20.1 Å². The standard InChI is InChI=1S/C24H27N5O5S/c30-21(26-16-3-4-16)13-28-8-10-29(11-9-28)24(32)18-2-1-7-25-23(18)35-14-22(31)27-17-5-6-19-20(12-17)34-15-33-19/h1-2,5-7,12,16H,3-4,8-11,13-15H2,(H,26,30)(H,27,31). The number of anilines is 1. The molecule has 3 heterocycles. The lowest BCUT2D eigenvalue weighted by Crippen LogP contribution is -2.51. The summed E-state index contributed by atoms with van der Waals surface area (Å²) < 4.78 is 10.6. The zero-order valence-corrected chi connectivity index (χ0v) is 20.0. The highest BCUT2D eigenvalue weighted by Crippen LogP contribution is 2.34. The number of hydrogen-bond donors (Lipinski definition) is 2. The van der Waals surface area contributed by atoms with Crippen LogP contribution in [0.2, 0.25) is 0 Å². The highest BCUT2D eigenvalue weighted by atomic mass is 32.2. The molecular formula is C24H27N5O5S. The minimum atomic E-state index is -0.212. The molecule has 11 heteroatoms. The van der Waals surface area contributed by atoms with E-state index >= 15 is 0 Å². The maximum Gasteiger partial charge on any atom is 0.256 e. The number of rotatable bonds is 8. The van der Waals surface area contributed by atoms with Crippen LogP contribution in [0.4, 0.5) is 5.69 Å². The molecule has 3 amide bonds. The van der Waals surface area contributed by atoms with Gasteiger partial charge in [0, 0.05) is 50.2 Å². The average molecular weight is 498 g/mol. The van der Waals surface area contributed by atoms with Gasteiger partial charge in [-0.15, -0.1) is 0 Å². The fraction of sp³-hybridized carbons (Fsp3) is 0.417. The lowest BCUT2D eigenvalue weighted by Gasteiger charge is -2.34. The van der Waals surface area contributed by atoms with Crippen molar-refractivity contribution in [2.45, 2.75) is 23.9 Å². The number of pyridine rings is 1. The van der Waals surface area contributed by atoms with Gasteiger partial charge in [-0.25, -0.2) is 4.98 Å². The molecule has 0 radical (unpaired) electrons. The number of carbonyl (C=O) groups excluding carboxylic acids is 3. The van der Waals surface area contributed by atoms with Crippen LogP contribution in [0.15, 0.2) is 41.6 Å². The molecule has 35 heavy (non-hydrogen) atoms. The van der Waals surface area contributed by atoms with Crippen LogP contribution in [-0.4, -0.2) is 83.8 Å². The molecule has 1 aromatic carbocycles. The first-order valence-corrected chi connectivity index (χ1v) is 12.6. The predicted molar refractivity (Wildman–Crippen MR) is 130 cm³/mol. The Morgan fingerprint density at radius 3 is 2.63 bits per heavy atom. The molecule has 1 saturated heterocycles. The average Bonchev–Trinajstić information content (AvgIpc) is 3.55. The van der Waals surface area contributed by atoms with Gasteiger partial charge in [-0.05, 0) is 37.1 Å². The molecule has 0 spiro atoms. The molecule has 10 nitrogen and oxygen atoms in total. The third kappa shape index (κ3) is 6.04. The first kappa shape index (κ1) is 23.4. The number of thioether (sulfide) groups is 1. The number of benzene rings is 1. The number of nitrogens with zero attached hydrogens (tertiary/aromatic N) is 3. The number of carbonyl (C=O) groups is 3. The fourth-order valence-corrected chi connectivity index (χ4v) is 4.74. The number of hydrogen-bond acceptors (Lipinski definition) is 8. The van der Waals surface area contributed by atoms with Gasteiger partial charge in [-0.2, -0.15) is 0 Å². The Kier molecular flexibility index (Phi) is 7.05. The maximum absolute atomic E-state index is 13.2. The molecule has 2 N–H and O–H groups in total. The summed E-state index contributed by atoms with van der Waals surface area (Å²) in [4.78, 5) is 45.9. The van der Waals surface area contributed by atoms with E-state index in [0.717, 1.165) is 12.8 Å². The Bertz CT molecular complexity index is 1120. The predicted octanol–water partition coefficient (Wildman–Crippen LogP) is 1.58. The normalized spacial score (nSPS) is 17.2. The number of fused-ring (bicyclic) bond motifs is 1. The van der Waals surface area contributed by atoms with E-state index in [0.29, 0.717) is 66.5 Å². The highest BCUT2D eigenvalue weighted by Gasteiger charge is 2.27. The van der Waals surface area contributed by atoms with Gasteiger partial charge < -0.3 is 25.0 Å². The van der Waals surface area contributed by atoms with Crippen LogP contribution in [0.1, 0.15) is 23.2 Å². The smallest absolute Gasteiger partial charge is 0.256 e. The van der Waals surface area contributed by atoms with Gasteiger partial charge in [0.1, 0.15) is 5.03 Å². The molecule has 2 aromatic rings. The summed E-state index contributed by atoms with van der Waals surface area (Å²) in [6, 6.07) is 9.04. The molecule has 184 valence electrons. The topological polar surface area (TPSA) is 113 Å². The van der Waals surface area contributed by atoms with E-state index in [2.05, 4.69) is 20.5 Å². The molecule has 0 bridgehead atoms. The van der Waals surface area contributed by atoms with Gasteiger partial charge in [0.15, 0.2) is 11.5 Å². The van der Waals surface area contributed by atoms with E-state index in [9.17, 15) is 14.4 Å². The second kappa shape index (κ2) is 10.5. The number of nitrogens with one attached hydrogen (secondary N) is 2. The summed E-state index contributed by atoms with van der Waals surface area (Å²) >= 11 is 1.22. The Balaban J connectivity index is 1.12. The first-order chi connectivity index (χ1) is 17.0. The monoisotopic (exact) mass is 497 g/mol. The number of amides is 3. The molecule has 0 atom stereocenters. The Morgan fingerprint density at radius 2 is 1.83 bits per heavy atom. The van der Waals surface area contributed by atoms with Gasteiger partial charge in [0.2, 0.25) is 18.6 Å². The van der Waals surface area contributed by atoms with Crippen molar-refractivity contribution >= 4 is 35.2 Å². The van der Waals surface area contributed by atoms with Gasteiger partial charge in [0.25, 0.3) is 5.91 Å². The summed E-state index contributed by atoms with van der Waals surface area (Å²) in [5.74, 6) is 1.08. The zero-order chi connectivity index (χ0) is 24.2. The number of ether oxygens (including phenoxy) is 2. The second-order valence-electron chi connectivity index (χ2n) is 8.67. The van der Waals surface area contributed by atoms with E-state index in [4.69, 9.17) is 9.47 Å². The van der Waals surface area contributed by atoms with Crippen molar-refractivity contribution in [1.29, 1.82) is 0 Å². The van der Waals surface area contributed by atoms with Crippen LogP contribution >= 0.6 is 11.8 Å². The summed E-state index contributed by atoms with van der Waals surface area (Å²) in [5, 5.41) is 6.35. The Hall–Kier alpha value is -3.31. The summed E-state index contributed by atoms with van der Waals surface area (Å²) in [7, 11) is 0. The van der Waals surface area contributed by atoms with Crippen LogP contribution in [0, 0.1) is 0 Å². The third-order valence-electron chi connectivity index (χ3n) is 5.97. The first-order valence-electron chi connectivity index (χ1n) is 11.6. The third-order valence-corrected chi connectivity index (χ3v) is 6.97. The molecule has 1 aromatic heterocycles. The maximum atomic E-state index is 13.2. The van der Waals surface area contributed by atoms with Crippen molar-refractivity contribution in [3.8, 4) is 11.5 Å². The minimum Gasteiger partial charge on any atom is -0.454 e. The van der Waals surface area contributed by atoms with E-state index in [1.807, 2.05) is 0 Å². The quantitative estimate of drug-likeness (QED) is 0.529. The lowest BCUT2D eigenvalue weighted by atomic mass is 10.2. The van der Waals surface area contributed by atoms with Crippen molar-refractivity contribution in [2.24, 2.45) is 0 Å². The molecule has 3 aliphatic rings.